The molecule has 0 radical (unpaired) electrons. The third-order valence-corrected chi connectivity index (χ3v) is 3.93. The molecule has 0 atom stereocenters. The quantitative estimate of drug-likeness (QED) is 0.389. The molecule has 1 heterocycles. The second kappa shape index (κ2) is 16.2. The number of halogens is 2. The average Bonchev–Trinajstić information content (AvgIpc) is 2.53. The molecule has 3 nitrogen and oxygen atoms in total. The number of nitrogens with one attached hydrogen (secondary N) is 2. The van der Waals surface area contributed by atoms with Gasteiger partial charge >= 0.3 is 19.5 Å². The SMILES string of the molecule is CCCCCCCCc1ccc(NC2=NCCCN2)cc1.[Cl-].[Cl-].[Zn+2]. The molecule has 0 bridgehead atoms. The van der Waals surface area contributed by atoms with E-state index in [9.17, 15) is 0 Å². The predicted molar refractivity (Wildman–Crippen MR) is 92.1 cm³/mol. The van der Waals surface area contributed by atoms with Crippen LogP contribution in [0.1, 0.15) is 57.4 Å². The molecule has 1 aliphatic rings. The monoisotopic (exact) mass is 421 g/mol. The van der Waals surface area contributed by atoms with Gasteiger partial charge in [-0.2, -0.15) is 0 Å². The van der Waals surface area contributed by atoms with Gasteiger partial charge in [-0.05, 0) is 37.0 Å². The van der Waals surface area contributed by atoms with Crippen LogP contribution >= 0.6 is 0 Å². The van der Waals surface area contributed by atoms with Crippen molar-refractivity contribution in [1.82, 2.24) is 5.32 Å². The molecule has 132 valence electrons. The molecule has 2 N–H and O–H groups in total. The van der Waals surface area contributed by atoms with Crippen molar-refractivity contribution in [3.63, 3.8) is 0 Å². The van der Waals surface area contributed by atoms with Gasteiger partial charge in [0.2, 0.25) is 0 Å². The summed E-state index contributed by atoms with van der Waals surface area (Å²) < 4.78 is 0. The first kappa shape index (κ1) is 25.9. The van der Waals surface area contributed by atoms with E-state index in [-0.39, 0.29) is 44.3 Å². The zero-order valence-electron chi connectivity index (χ0n) is 14.8. The van der Waals surface area contributed by atoms with E-state index in [2.05, 4.69) is 46.8 Å². The van der Waals surface area contributed by atoms with E-state index >= 15 is 0 Å². The summed E-state index contributed by atoms with van der Waals surface area (Å²) in [4.78, 5) is 4.43. The minimum absolute atomic E-state index is 0. The molecule has 1 aromatic carbocycles. The maximum absolute atomic E-state index is 4.43. The van der Waals surface area contributed by atoms with Crippen LogP contribution < -0.4 is 35.4 Å². The fourth-order valence-electron chi connectivity index (χ4n) is 2.62. The Morgan fingerprint density at radius 2 is 1.67 bits per heavy atom. The van der Waals surface area contributed by atoms with Crippen LogP contribution in [-0.2, 0) is 25.9 Å². The van der Waals surface area contributed by atoms with Crippen molar-refractivity contribution >= 4 is 11.6 Å². The number of unbranched alkanes of at least 4 members (excludes halogenated alkanes) is 5. The molecule has 24 heavy (non-hydrogen) atoms. The molecule has 0 saturated heterocycles. The zero-order valence-corrected chi connectivity index (χ0v) is 19.3. The summed E-state index contributed by atoms with van der Waals surface area (Å²) in [6, 6.07) is 8.78. The van der Waals surface area contributed by atoms with Crippen molar-refractivity contribution in [3.8, 4) is 0 Å². The van der Waals surface area contributed by atoms with Gasteiger partial charge in [-0.1, -0.05) is 51.2 Å². The number of aliphatic imine (C=N–C) groups is 1. The standard InChI is InChI=1S/C18H29N3.2ClH.Zn/c1-2-3-4-5-6-7-9-16-10-12-17(13-11-16)21-18-19-14-8-15-20-18;;;/h10-13H,2-9,14-15H2,1H3,(H2,19,20,21);2*1H;/q;;;+2/p-2. The van der Waals surface area contributed by atoms with Crippen LogP contribution in [-0.4, -0.2) is 19.0 Å². The molecule has 0 spiro atoms. The summed E-state index contributed by atoms with van der Waals surface area (Å²) in [5.74, 6) is 0.907. The Morgan fingerprint density at radius 1 is 1.00 bits per heavy atom. The minimum atomic E-state index is 0. The number of rotatable bonds is 8. The van der Waals surface area contributed by atoms with Crippen molar-refractivity contribution in [3.05, 3.63) is 29.8 Å². The smallest absolute Gasteiger partial charge is 1.00 e. The first-order valence-electron chi connectivity index (χ1n) is 8.53. The number of guanidine groups is 1. The van der Waals surface area contributed by atoms with Gasteiger partial charge in [-0.25, -0.2) is 0 Å². The van der Waals surface area contributed by atoms with Gasteiger partial charge in [-0.15, -0.1) is 0 Å². The van der Waals surface area contributed by atoms with Crippen LogP contribution in [0.2, 0.25) is 0 Å². The largest absolute Gasteiger partial charge is 2.00 e. The molecule has 1 aliphatic heterocycles. The van der Waals surface area contributed by atoms with Gasteiger partial charge in [0.05, 0.1) is 0 Å². The molecule has 0 aliphatic carbocycles. The predicted octanol–water partition coefficient (Wildman–Crippen LogP) is -1.64. The van der Waals surface area contributed by atoms with Crippen LogP contribution in [0.25, 0.3) is 0 Å². The summed E-state index contributed by atoms with van der Waals surface area (Å²) >= 11 is 0. The molecule has 0 aromatic heterocycles. The molecule has 0 unspecified atom stereocenters. The van der Waals surface area contributed by atoms with Gasteiger partial charge in [0.25, 0.3) is 0 Å². The summed E-state index contributed by atoms with van der Waals surface area (Å²) in [5.41, 5.74) is 2.56. The van der Waals surface area contributed by atoms with E-state index in [1.807, 2.05) is 0 Å². The first-order chi connectivity index (χ1) is 10.4. The summed E-state index contributed by atoms with van der Waals surface area (Å²) in [5, 5.41) is 6.62. The number of benzene rings is 1. The molecule has 2 rings (SSSR count). The molecule has 6 heteroatoms. The second-order valence-electron chi connectivity index (χ2n) is 5.85. The second-order valence-corrected chi connectivity index (χ2v) is 5.85. The van der Waals surface area contributed by atoms with Gasteiger partial charge in [0.1, 0.15) is 0 Å². The molecule has 0 amide bonds. The molecule has 0 saturated carbocycles. The van der Waals surface area contributed by atoms with E-state index in [1.165, 1.54) is 50.5 Å². The van der Waals surface area contributed by atoms with Crippen molar-refractivity contribution in [2.45, 2.75) is 58.3 Å². The van der Waals surface area contributed by atoms with Crippen molar-refractivity contribution in [1.29, 1.82) is 0 Å². The summed E-state index contributed by atoms with van der Waals surface area (Å²) in [7, 11) is 0. The Bertz CT molecular complexity index is 438. The van der Waals surface area contributed by atoms with Crippen LogP contribution in [0.3, 0.4) is 0 Å². The van der Waals surface area contributed by atoms with Crippen molar-refractivity contribution in [2.24, 2.45) is 4.99 Å². The maximum atomic E-state index is 4.43. The molecule has 0 fully saturated rings. The maximum Gasteiger partial charge on any atom is 2.00 e. The Balaban J connectivity index is 0. The number of hydrogen-bond acceptors (Lipinski definition) is 3. The number of aryl methyl sites for hydroxylation is 1. The fourth-order valence-corrected chi connectivity index (χ4v) is 2.62. The van der Waals surface area contributed by atoms with Gasteiger partial charge in [0, 0.05) is 18.8 Å². The van der Waals surface area contributed by atoms with Crippen LogP contribution in [0, 0.1) is 0 Å². The van der Waals surface area contributed by atoms with E-state index in [4.69, 9.17) is 0 Å². The van der Waals surface area contributed by atoms with E-state index < -0.39 is 0 Å². The minimum Gasteiger partial charge on any atom is -1.00 e. The molecular weight excluding hydrogens is 395 g/mol. The van der Waals surface area contributed by atoms with E-state index in [0.717, 1.165) is 31.2 Å². The van der Waals surface area contributed by atoms with E-state index in [0.29, 0.717) is 0 Å². The first-order valence-corrected chi connectivity index (χ1v) is 8.53. The fraction of sp³-hybridized carbons (Fsp3) is 0.611. The average molecular weight is 424 g/mol. The Hall–Kier alpha value is -0.307. The number of anilines is 1. The van der Waals surface area contributed by atoms with Gasteiger partial charge < -0.3 is 35.4 Å². The van der Waals surface area contributed by atoms with Crippen molar-refractivity contribution in [2.75, 3.05) is 18.4 Å². The number of nitrogens with zero attached hydrogens (tertiary/aromatic N) is 1. The third-order valence-electron chi connectivity index (χ3n) is 3.93. The zero-order chi connectivity index (χ0) is 14.8. The van der Waals surface area contributed by atoms with E-state index in [1.54, 1.807) is 0 Å². The van der Waals surface area contributed by atoms with Crippen LogP contribution in [0.15, 0.2) is 29.3 Å². The summed E-state index contributed by atoms with van der Waals surface area (Å²) in [6.07, 6.45) is 10.5. The van der Waals surface area contributed by atoms with Crippen LogP contribution in [0.5, 0.6) is 0 Å². The normalized spacial score (nSPS) is 12.6. The molecule has 1 aromatic rings. The molecular formula is C18H29Cl2N3Zn. The van der Waals surface area contributed by atoms with Gasteiger partial charge in [0.15, 0.2) is 5.96 Å². The Labute approximate surface area is 172 Å². The van der Waals surface area contributed by atoms with Crippen LogP contribution in [0.4, 0.5) is 5.69 Å². The Morgan fingerprint density at radius 3 is 2.29 bits per heavy atom. The topological polar surface area (TPSA) is 36.4 Å². The Kier molecular flexibility index (Phi) is 17.5. The number of hydrogen-bond donors (Lipinski definition) is 2. The summed E-state index contributed by atoms with van der Waals surface area (Å²) in [6.45, 7) is 4.21. The van der Waals surface area contributed by atoms with Gasteiger partial charge in [-0.3, -0.25) is 4.99 Å². The third kappa shape index (κ3) is 10.5. The van der Waals surface area contributed by atoms with Crippen molar-refractivity contribution < 1.29 is 44.3 Å².